The summed E-state index contributed by atoms with van der Waals surface area (Å²) < 4.78 is 6.04. The molecule has 7 heteroatoms. The maximum absolute atomic E-state index is 12.5. The lowest BCUT2D eigenvalue weighted by Gasteiger charge is -2.53. The van der Waals surface area contributed by atoms with Gasteiger partial charge in [0.25, 0.3) is 6.01 Å². The van der Waals surface area contributed by atoms with Crippen LogP contribution in [-0.2, 0) is 10.3 Å². The van der Waals surface area contributed by atoms with Gasteiger partial charge in [-0.05, 0) is 85.3 Å². The molecule has 6 rings (SSSR count). The SMILES string of the molecule is COC(=O)c1ccc(-[n+]2nn(C34CC5CC(CC(C5)C3)C4)nc2[O-])cc1. The molecular formula is C19H22N4O3. The highest BCUT2D eigenvalue weighted by atomic mass is 16.5. The van der Waals surface area contributed by atoms with Crippen molar-refractivity contribution in [3.05, 3.63) is 29.8 Å². The summed E-state index contributed by atoms with van der Waals surface area (Å²) in [7, 11) is 1.35. The average molecular weight is 354 g/mol. The molecule has 136 valence electrons. The molecule has 1 aromatic carbocycles. The van der Waals surface area contributed by atoms with E-state index in [2.05, 4.69) is 10.3 Å². The van der Waals surface area contributed by atoms with Crippen LogP contribution in [0.1, 0.15) is 48.9 Å². The fourth-order valence-electron chi connectivity index (χ4n) is 5.80. The summed E-state index contributed by atoms with van der Waals surface area (Å²) in [6.07, 6.45) is 7.27. The number of nitrogens with zero attached hydrogens (tertiary/aromatic N) is 4. The number of carbonyl (C=O) groups is 1. The summed E-state index contributed by atoms with van der Waals surface area (Å²) in [6.45, 7) is 0. The molecular weight excluding hydrogens is 332 g/mol. The van der Waals surface area contributed by atoms with Crippen LogP contribution in [-0.4, -0.2) is 28.2 Å². The van der Waals surface area contributed by atoms with Gasteiger partial charge in [0.05, 0.1) is 23.0 Å². The zero-order chi connectivity index (χ0) is 17.9. The van der Waals surface area contributed by atoms with Gasteiger partial charge in [-0.25, -0.2) is 4.79 Å². The Hall–Kier alpha value is -2.44. The third-order valence-electron chi connectivity index (χ3n) is 6.50. The second-order valence-electron chi connectivity index (χ2n) is 8.25. The van der Waals surface area contributed by atoms with E-state index in [4.69, 9.17) is 4.74 Å². The van der Waals surface area contributed by atoms with E-state index in [0.717, 1.165) is 37.0 Å². The highest BCUT2D eigenvalue weighted by Crippen LogP contribution is 2.58. The number of benzene rings is 1. The number of tetrazole rings is 1. The van der Waals surface area contributed by atoms with Crippen molar-refractivity contribution in [3.8, 4) is 11.7 Å². The van der Waals surface area contributed by atoms with Crippen molar-refractivity contribution in [3.63, 3.8) is 0 Å². The van der Waals surface area contributed by atoms with Gasteiger partial charge in [-0.2, -0.15) is 0 Å². The van der Waals surface area contributed by atoms with Crippen LogP contribution in [0.25, 0.3) is 5.69 Å². The van der Waals surface area contributed by atoms with Gasteiger partial charge in [-0.15, -0.1) is 4.68 Å². The molecule has 0 unspecified atom stereocenters. The first-order valence-corrected chi connectivity index (χ1v) is 9.32. The number of carbonyl (C=O) groups excluding carboxylic acids is 1. The molecule has 1 heterocycles. The zero-order valence-corrected chi connectivity index (χ0v) is 14.8. The first-order chi connectivity index (χ1) is 12.6. The molecule has 0 amide bonds. The quantitative estimate of drug-likeness (QED) is 0.613. The average Bonchev–Trinajstić information content (AvgIpc) is 3.03. The minimum Gasteiger partial charge on any atom is -0.816 e. The number of hydrogen-bond acceptors (Lipinski definition) is 5. The highest BCUT2D eigenvalue weighted by molar-refractivity contribution is 5.89. The van der Waals surface area contributed by atoms with E-state index in [1.54, 1.807) is 29.1 Å². The lowest BCUT2D eigenvalue weighted by molar-refractivity contribution is -0.705. The molecule has 26 heavy (non-hydrogen) atoms. The van der Waals surface area contributed by atoms with E-state index in [9.17, 15) is 9.90 Å². The Balaban J connectivity index is 1.48. The summed E-state index contributed by atoms with van der Waals surface area (Å²) in [6, 6.07) is 6.31. The molecule has 4 bridgehead atoms. The van der Waals surface area contributed by atoms with Crippen LogP contribution in [0.2, 0.25) is 0 Å². The maximum Gasteiger partial charge on any atom is 0.337 e. The number of hydrogen-bond donors (Lipinski definition) is 0. The molecule has 0 aliphatic heterocycles. The molecule has 0 N–H and O–H groups in total. The summed E-state index contributed by atoms with van der Waals surface area (Å²) in [5.41, 5.74) is 0.974. The van der Waals surface area contributed by atoms with Crippen molar-refractivity contribution in [1.29, 1.82) is 0 Å². The first-order valence-electron chi connectivity index (χ1n) is 9.32. The standard InChI is InChI=1S/C19H22N4O3/c1-26-17(24)15-2-4-16(5-3-15)22-18(25)20-23(21-22)19-9-12-6-13(10-19)8-14(7-12)11-19/h2-5,12-14H,6-11H2,1H3. The Morgan fingerprint density at radius 3 is 2.27 bits per heavy atom. The van der Waals surface area contributed by atoms with Crippen LogP contribution >= 0.6 is 0 Å². The molecule has 4 aliphatic carbocycles. The van der Waals surface area contributed by atoms with Crippen LogP contribution in [0, 0.1) is 17.8 Å². The Bertz CT molecular complexity index is 823. The van der Waals surface area contributed by atoms with Gasteiger partial charge in [-0.3, -0.25) is 0 Å². The fraction of sp³-hybridized carbons (Fsp3) is 0.579. The Morgan fingerprint density at radius 1 is 1.15 bits per heavy atom. The van der Waals surface area contributed by atoms with Gasteiger partial charge >= 0.3 is 5.97 Å². The Kier molecular flexibility index (Phi) is 3.36. The molecule has 4 saturated carbocycles. The molecule has 4 aliphatic rings. The summed E-state index contributed by atoms with van der Waals surface area (Å²) in [5.74, 6) is 1.88. The van der Waals surface area contributed by atoms with E-state index in [1.165, 1.54) is 31.1 Å². The minimum atomic E-state index is -0.402. The minimum absolute atomic E-state index is 0.0783. The van der Waals surface area contributed by atoms with Gasteiger partial charge in [0.2, 0.25) is 0 Å². The second kappa shape index (κ2) is 5.53. The van der Waals surface area contributed by atoms with Gasteiger partial charge in [0, 0.05) is 0 Å². The van der Waals surface area contributed by atoms with Crippen molar-refractivity contribution in [1.82, 2.24) is 15.1 Å². The largest absolute Gasteiger partial charge is 0.816 e. The number of ether oxygens (including phenoxy) is 1. The van der Waals surface area contributed by atoms with Crippen molar-refractivity contribution in [2.45, 2.75) is 44.1 Å². The van der Waals surface area contributed by atoms with Crippen LogP contribution in [0.5, 0.6) is 6.01 Å². The van der Waals surface area contributed by atoms with Crippen LogP contribution in [0.15, 0.2) is 24.3 Å². The first kappa shape index (κ1) is 15.8. The van der Waals surface area contributed by atoms with Crippen LogP contribution < -0.4 is 9.79 Å². The van der Waals surface area contributed by atoms with E-state index >= 15 is 0 Å². The number of rotatable bonds is 3. The van der Waals surface area contributed by atoms with Crippen LogP contribution in [0.4, 0.5) is 0 Å². The predicted octanol–water partition coefficient (Wildman–Crippen LogP) is 1.34. The second-order valence-corrected chi connectivity index (χ2v) is 8.25. The fourth-order valence-corrected chi connectivity index (χ4v) is 5.80. The van der Waals surface area contributed by atoms with Gasteiger partial charge in [0.1, 0.15) is 11.2 Å². The lowest BCUT2D eigenvalue weighted by atomic mass is 9.53. The van der Waals surface area contributed by atoms with Crippen molar-refractivity contribution < 1.29 is 19.3 Å². The summed E-state index contributed by atoms with van der Waals surface area (Å²) in [5, 5.41) is 21.3. The van der Waals surface area contributed by atoms with Crippen molar-refractivity contribution in [2.75, 3.05) is 7.11 Å². The van der Waals surface area contributed by atoms with Crippen LogP contribution in [0.3, 0.4) is 0 Å². The van der Waals surface area contributed by atoms with E-state index < -0.39 is 5.97 Å². The topological polar surface area (TPSA) is 84.0 Å². The van der Waals surface area contributed by atoms with Gasteiger partial charge in [0.15, 0.2) is 0 Å². The monoisotopic (exact) mass is 354 g/mol. The molecule has 4 fully saturated rings. The molecule has 0 saturated heterocycles. The van der Waals surface area contributed by atoms with Gasteiger partial charge in [-0.1, -0.05) is 0 Å². The molecule has 2 aromatic rings. The third-order valence-corrected chi connectivity index (χ3v) is 6.50. The molecule has 0 radical (unpaired) electrons. The Labute approximate surface area is 151 Å². The molecule has 0 spiro atoms. The Morgan fingerprint density at radius 2 is 1.73 bits per heavy atom. The lowest BCUT2D eigenvalue weighted by Crippen LogP contribution is -2.53. The summed E-state index contributed by atoms with van der Waals surface area (Å²) >= 11 is 0. The van der Waals surface area contributed by atoms with E-state index in [0.29, 0.717) is 11.3 Å². The molecule has 0 atom stereocenters. The van der Waals surface area contributed by atoms with Gasteiger partial charge < -0.3 is 9.84 Å². The van der Waals surface area contributed by atoms with Crippen molar-refractivity contribution in [2.24, 2.45) is 17.8 Å². The normalized spacial score (nSPS) is 32.0. The molecule has 7 nitrogen and oxygen atoms in total. The maximum atomic E-state index is 12.5. The van der Waals surface area contributed by atoms with Crippen molar-refractivity contribution >= 4 is 5.97 Å². The third kappa shape index (κ3) is 2.33. The van der Waals surface area contributed by atoms with E-state index in [1.807, 2.05) is 0 Å². The molecule has 1 aromatic heterocycles. The zero-order valence-electron chi connectivity index (χ0n) is 14.8. The predicted molar refractivity (Wildman–Crippen MR) is 88.5 cm³/mol. The van der Waals surface area contributed by atoms with E-state index in [-0.39, 0.29) is 11.5 Å². The highest BCUT2D eigenvalue weighted by Gasteiger charge is 2.56. The summed E-state index contributed by atoms with van der Waals surface area (Å²) in [4.78, 5) is 13.3. The number of aromatic nitrogens is 4. The number of methoxy groups -OCH3 is 1. The smallest absolute Gasteiger partial charge is 0.337 e. The number of esters is 1.